The number of aromatic nitrogens is 3. The fourth-order valence-corrected chi connectivity index (χ4v) is 3.20. The van der Waals surface area contributed by atoms with E-state index >= 15 is 0 Å². The van der Waals surface area contributed by atoms with Crippen LogP contribution < -0.4 is 0 Å². The van der Waals surface area contributed by atoms with E-state index in [1.165, 1.54) is 0 Å². The van der Waals surface area contributed by atoms with Gasteiger partial charge in [-0.3, -0.25) is 9.67 Å². The molecule has 3 nitrogen and oxygen atoms in total. The molecule has 1 aromatic heterocycles. The van der Waals surface area contributed by atoms with Crippen LogP contribution >= 0.6 is 44.1 Å². The van der Waals surface area contributed by atoms with Crippen LogP contribution in [0.4, 0.5) is 0 Å². The molecule has 0 unspecified atom stereocenters. The number of H-pyrrole nitrogens is 1. The van der Waals surface area contributed by atoms with Crippen molar-refractivity contribution in [2.45, 2.75) is 19.8 Å². The minimum atomic E-state index is 0.293. The minimum absolute atomic E-state index is 0.293. The molecule has 2 rings (SSSR count). The van der Waals surface area contributed by atoms with Gasteiger partial charge in [0, 0.05) is 14.9 Å². The quantitative estimate of drug-likeness (QED) is 0.778. The number of benzene rings is 1. The molecule has 0 saturated carbocycles. The van der Waals surface area contributed by atoms with E-state index in [0.29, 0.717) is 10.7 Å². The molecule has 2 aromatic rings. The summed E-state index contributed by atoms with van der Waals surface area (Å²) in [5.74, 6) is 1.21. The summed E-state index contributed by atoms with van der Waals surface area (Å²) in [7, 11) is 0. The summed E-state index contributed by atoms with van der Waals surface area (Å²) in [4.78, 5) is 0. The van der Waals surface area contributed by atoms with Crippen molar-refractivity contribution in [1.82, 2.24) is 14.8 Å². The highest BCUT2D eigenvalue weighted by Crippen LogP contribution is 2.31. The van der Waals surface area contributed by atoms with E-state index in [2.05, 4.69) is 55.9 Å². The third-order valence-corrected chi connectivity index (χ3v) is 3.93. The summed E-state index contributed by atoms with van der Waals surface area (Å²) in [5.41, 5.74) is 0.981. The van der Waals surface area contributed by atoms with Gasteiger partial charge in [-0.1, -0.05) is 19.9 Å². The highest BCUT2D eigenvalue weighted by atomic mass is 79.9. The maximum atomic E-state index is 5.30. The Hall–Kier alpha value is -0.460. The van der Waals surface area contributed by atoms with Crippen molar-refractivity contribution in [3.8, 4) is 5.69 Å². The average molecular weight is 377 g/mol. The second kappa shape index (κ2) is 5.04. The van der Waals surface area contributed by atoms with E-state index in [9.17, 15) is 0 Å². The largest absolute Gasteiger partial charge is 0.270 e. The van der Waals surface area contributed by atoms with Crippen LogP contribution in [0, 0.1) is 4.77 Å². The fourth-order valence-electron chi connectivity index (χ4n) is 1.62. The second-order valence-electron chi connectivity index (χ2n) is 3.95. The van der Waals surface area contributed by atoms with Gasteiger partial charge in [-0.15, -0.1) is 0 Å². The van der Waals surface area contributed by atoms with Gasteiger partial charge in [-0.2, -0.15) is 5.10 Å². The lowest BCUT2D eigenvalue weighted by molar-refractivity contribution is 0.742. The van der Waals surface area contributed by atoms with Gasteiger partial charge < -0.3 is 0 Å². The molecule has 0 spiro atoms. The number of nitrogens with zero attached hydrogens (tertiary/aromatic N) is 2. The van der Waals surface area contributed by atoms with Gasteiger partial charge in [0.2, 0.25) is 0 Å². The monoisotopic (exact) mass is 375 g/mol. The molecule has 0 aliphatic heterocycles. The molecule has 0 bridgehead atoms. The molecule has 6 heteroatoms. The zero-order chi connectivity index (χ0) is 12.6. The Morgan fingerprint density at radius 2 is 1.88 bits per heavy atom. The lowest BCUT2D eigenvalue weighted by atomic mass is 10.2. The van der Waals surface area contributed by atoms with Gasteiger partial charge in [0.1, 0.15) is 5.82 Å². The molecule has 90 valence electrons. The van der Waals surface area contributed by atoms with Gasteiger partial charge in [0.15, 0.2) is 4.77 Å². The second-order valence-corrected chi connectivity index (χ2v) is 6.04. The third-order valence-electron chi connectivity index (χ3n) is 2.38. The lowest BCUT2D eigenvalue weighted by Crippen LogP contribution is -2.04. The fraction of sp³-hybridized carbons (Fsp3) is 0.273. The summed E-state index contributed by atoms with van der Waals surface area (Å²) in [6, 6.07) is 5.94. The van der Waals surface area contributed by atoms with Crippen molar-refractivity contribution >= 4 is 44.1 Å². The van der Waals surface area contributed by atoms with E-state index < -0.39 is 0 Å². The first-order valence-corrected chi connectivity index (χ1v) is 7.13. The van der Waals surface area contributed by atoms with Crippen LogP contribution in [-0.4, -0.2) is 14.8 Å². The van der Waals surface area contributed by atoms with Crippen LogP contribution in [0.15, 0.2) is 27.1 Å². The van der Waals surface area contributed by atoms with Crippen LogP contribution in [-0.2, 0) is 0 Å². The number of rotatable bonds is 2. The molecule has 0 aliphatic carbocycles. The predicted molar refractivity (Wildman–Crippen MR) is 78.2 cm³/mol. The van der Waals surface area contributed by atoms with E-state index in [4.69, 9.17) is 12.2 Å². The minimum Gasteiger partial charge on any atom is -0.270 e. The maximum Gasteiger partial charge on any atom is 0.199 e. The standard InChI is InChI=1S/C11H11Br2N3S/c1-6(2)10-14-15-11(17)16(10)9-7(12)4-3-5-8(9)13/h3-6H,1-2H3,(H,15,17). The zero-order valence-corrected chi connectivity index (χ0v) is 13.4. The summed E-state index contributed by atoms with van der Waals surface area (Å²) < 4.78 is 4.51. The molecule has 0 saturated heterocycles. The molecular weight excluding hydrogens is 366 g/mol. The van der Waals surface area contributed by atoms with Crippen LogP contribution in [0.25, 0.3) is 5.69 Å². The molecular formula is C11H11Br2N3S. The third kappa shape index (κ3) is 2.39. The summed E-state index contributed by atoms with van der Waals surface area (Å²) in [6.45, 7) is 4.18. The van der Waals surface area contributed by atoms with Crippen LogP contribution in [0.1, 0.15) is 25.6 Å². The van der Waals surface area contributed by atoms with Crippen molar-refractivity contribution in [1.29, 1.82) is 0 Å². The maximum absolute atomic E-state index is 5.30. The highest BCUT2D eigenvalue weighted by molar-refractivity contribution is 9.11. The van der Waals surface area contributed by atoms with Gasteiger partial charge >= 0.3 is 0 Å². The van der Waals surface area contributed by atoms with Crippen LogP contribution in [0.2, 0.25) is 0 Å². The molecule has 1 aromatic carbocycles. The molecule has 1 heterocycles. The zero-order valence-electron chi connectivity index (χ0n) is 9.37. The normalized spacial score (nSPS) is 11.1. The molecule has 1 N–H and O–H groups in total. The van der Waals surface area contributed by atoms with E-state index in [1.54, 1.807) is 0 Å². The number of hydrogen-bond donors (Lipinski definition) is 1. The van der Waals surface area contributed by atoms with Gasteiger partial charge in [0.25, 0.3) is 0 Å². The Morgan fingerprint density at radius 3 is 2.41 bits per heavy atom. The van der Waals surface area contributed by atoms with E-state index in [-0.39, 0.29) is 0 Å². The van der Waals surface area contributed by atoms with Crippen molar-refractivity contribution in [3.63, 3.8) is 0 Å². The first-order valence-electron chi connectivity index (χ1n) is 5.14. The molecule has 0 atom stereocenters. The Morgan fingerprint density at radius 1 is 1.29 bits per heavy atom. The lowest BCUT2D eigenvalue weighted by Gasteiger charge is -2.12. The highest BCUT2D eigenvalue weighted by Gasteiger charge is 2.15. The summed E-state index contributed by atoms with van der Waals surface area (Å²) in [6.07, 6.45) is 0. The topological polar surface area (TPSA) is 33.6 Å². The van der Waals surface area contributed by atoms with Crippen molar-refractivity contribution in [3.05, 3.63) is 37.7 Å². The van der Waals surface area contributed by atoms with Crippen molar-refractivity contribution in [2.75, 3.05) is 0 Å². The van der Waals surface area contributed by atoms with Crippen LogP contribution in [0.5, 0.6) is 0 Å². The molecule has 0 amide bonds. The molecule has 0 fully saturated rings. The van der Waals surface area contributed by atoms with E-state index in [1.807, 2.05) is 22.8 Å². The Balaban J connectivity index is 2.77. The van der Waals surface area contributed by atoms with Gasteiger partial charge in [0.05, 0.1) is 5.69 Å². The first-order chi connectivity index (χ1) is 8.02. The van der Waals surface area contributed by atoms with Crippen molar-refractivity contribution < 1.29 is 0 Å². The molecule has 17 heavy (non-hydrogen) atoms. The number of para-hydroxylation sites is 1. The summed E-state index contributed by atoms with van der Waals surface area (Å²) in [5, 5.41) is 7.12. The van der Waals surface area contributed by atoms with Crippen molar-refractivity contribution in [2.24, 2.45) is 0 Å². The van der Waals surface area contributed by atoms with Gasteiger partial charge in [-0.25, -0.2) is 0 Å². The number of aromatic amines is 1. The average Bonchev–Trinajstić information content (AvgIpc) is 2.61. The summed E-state index contributed by atoms with van der Waals surface area (Å²) >= 11 is 12.4. The Labute approximate surface area is 122 Å². The van der Waals surface area contributed by atoms with E-state index in [0.717, 1.165) is 20.5 Å². The SMILES string of the molecule is CC(C)c1n[nH]c(=S)n1-c1c(Br)cccc1Br. The number of halogens is 2. The first kappa shape index (κ1) is 13.0. The molecule has 0 aliphatic rings. The number of nitrogens with one attached hydrogen (secondary N) is 1. The number of hydrogen-bond acceptors (Lipinski definition) is 2. The molecule has 0 radical (unpaired) electrons. The van der Waals surface area contributed by atoms with Gasteiger partial charge in [-0.05, 0) is 56.2 Å². The Bertz CT molecular complexity index is 581. The van der Waals surface area contributed by atoms with Crippen LogP contribution in [0.3, 0.4) is 0 Å². The Kier molecular flexibility index (Phi) is 3.85. The predicted octanol–water partition coefficient (Wildman–Crippen LogP) is 4.58. The smallest absolute Gasteiger partial charge is 0.199 e.